The van der Waals surface area contributed by atoms with Crippen molar-refractivity contribution in [2.45, 2.75) is 24.9 Å². The van der Waals surface area contributed by atoms with Gasteiger partial charge in [-0.1, -0.05) is 11.2 Å². The molecule has 12 nitrogen and oxygen atoms in total. The van der Waals surface area contributed by atoms with E-state index in [9.17, 15) is 19.5 Å². The van der Waals surface area contributed by atoms with Crippen molar-refractivity contribution in [2.24, 2.45) is 5.16 Å². The molecule has 2 amide bonds. The van der Waals surface area contributed by atoms with Crippen molar-refractivity contribution in [1.82, 2.24) is 19.6 Å². The topological polar surface area (TPSA) is 164 Å². The zero-order chi connectivity index (χ0) is 23.5. The lowest BCUT2D eigenvalue weighted by atomic mass is 10.0. The standard InChI is InChI=1S/C19H19N7O5S2/c1-2-31-23-11(14-22-19(20)33-24-14)15(27)21-12-16(28)26-13(18(29)30)10(9-32-17(12)26)8-25-6-4-3-5-7-25/h3-7,12,17H,2,8-9H2,1H3,(H3-,20,21,22,24,27,29,30)/p+1/t12?,17-/m0/s1. The van der Waals surface area contributed by atoms with Crippen LogP contribution in [0.5, 0.6) is 0 Å². The number of carbonyl (C=O) groups excluding carboxylic acids is 2. The van der Waals surface area contributed by atoms with Gasteiger partial charge in [-0.3, -0.25) is 14.5 Å². The summed E-state index contributed by atoms with van der Waals surface area (Å²) >= 11 is 2.27. The molecule has 2 aliphatic rings. The first-order chi connectivity index (χ1) is 15.9. The Morgan fingerprint density at radius 2 is 2.15 bits per heavy atom. The lowest BCUT2D eigenvalue weighted by Gasteiger charge is -2.49. The lowest BCUT2D eigenvalue weighted by molar-refractivity contribution is -0.689. The maximum Gasteiger partial charge on any atom is 0.352 e. The van der Waals surface area contributed by atoms with Crippen LogP contribution < -0.4 is 15.6 Å². The quantitative estimate of drug-likeness (QED) is 0.193. The first-order valence-electron chi connectivity index (χ1n) is 9.85. The number of nitrogens with one attached hydrogen (secondary N) is 1. The van der Waals surface area contributed by atoms with Gasteiger partial charge in [0.15, 0.2) is 24.1 Å². The first kappa shape index (κ1) is 22.7. The summed E-state index contributed by atoms with van der Waals surface area (Å²) in [5.74, 6) is -2.04. The predicted octanol–water partition coefficient (Wildman–Crippen LogP) is -0.413. The largest absolute Gasteiger partial charge is 0.477 e. The SMILES string of the molecule is CCON=C(C(=O)NC1C(=O)N2C(C(=O)O)=C(C[n+]3ccccc3)CS[C@@H]12)c1nsc(N)n1. The van der Waals surface area contributed by atoms with Gasteiger partial charge in [-0.2, -0.15) is 9.36 Å². The number of nitrogens with two attached hydrogens (primary N) is 1. The van der Waals surface area contributed by atoms with Crippen molar-refractivity contribution < 1.29 is 28.9 Å². The molecule has 0 aliphatic carbocycles. The number of oxime groups is 1. The number of nitrogens with zero attached hydrogens (tertiary/aromatic N) is 5. The maximum absolute atomic E-state index is 12.9. The molecule has 0 aromatic carbocycles. The van der Waals surface area contributed by atoms with Crippen LogP contribution >= 0.6 is 23.3 Å². The van der Waals surface area contributed by atoms with Gasteiger partial charge in [0, 0.05) is 35.0 Å². The normalized spacial score (nSPS) is 20.2. The number of aliphatic carboxylic acids is 1. The number of carbonyl (C=O) groups is 3. The van der Waals surface area contributed by atoms with E-state index >= 15 is 0 Å². The van der Waals surface area contributed by atoms with Crippen LogP contribution in [0.3, 0.4) is 0 Å². The summed E-state index contributed by atoms with van der Waals surface area (Å²) in [4.78, 5) is 47.9. The second-order valence-corrected chi connectivity index (χ2v) is 8.87. The number of fused-ring (bicyclic) bond motifs is 1. The minimum Gasteiger partial charge on any atom is -0.477 e. The van der Waals surface area contributed by atoms with Crippen LogP contribution in [-0.4, -0.2) is 66.6 Å². The Balaban J connectivity index is 1.53. The Hall–Kier alpha value is -3.52. The van der Waals surface area contributed by atoms with E-state index in [4.69, 9.17) is 10.6 Å². The molecule has 4 N–H and O–H groups in total. The Kier molecular flexibility index (Phi) is 6.55. The molecule has 172 valence electrons. The summed E-state index contributed by atoms with van der Waals surface area (Å²) < 4.78 is 5.81. The fourth-order valence-electron chi connectivity index (χ4n) is 3.42. The monoisotopic (exact) mass is 490 g/mol. The van der Waals surface area contributed by atoms with Gasteiger partial charge < -0.3 is 21.0 Å². The highest BCUT2D eigenvalue weighted by molar-refractivity contribution is 8.00. The van der Waals surface area contributed by atoms with Crippen molar-refractivity contribution in [3.8, 4) is 0 Å². The highest BCUT2D eigenvalue weighted by Crippen LogP contribution is 2.40. The van der Waals surface area contributed by atoms with Gasteiger partial charge >= 0.3 is 5.97 Å². The van der Waals surface area contributed by atoms with E-state index in [2.05, 4.69) is 19.8 Å². The Labute approximate surface area is 196 Å². The van der Waals surface area contributed by atoms with E-state index < -0.39 is 29.2 Å². The molecule has 0 spiro atoms. The average Bonchev–Trinajstić information content (AvgIpc) is 3.23. The molecule has 1 fully saturated rings. The van der Waals surface area contributed by atoms with Crippen LogP contribution in [-0.2, 0) is 25.8 Å². The molecule has 2 aliphatic heterocycles. The Morgan fingerprint density at radius 1 is 1.39 bits per heavy atom. The minimum atomic E-state index is -1.19. The number of rotatable bonds is 8. The van der Waals surface area contributed by atoms with Crippen LogP contribution in [0, 0.1) is 0 Å². The van der Waals surface area contributed by atoms with Gasteiger partial charge in [0.2, 0.25) is 11.5 Å². The number of nitrogen functional groups attached to an aromatic ring is 1. The van der Waals surface area contributed by atoms with E-state index in [-0.39, 0.29) is 29.0 Å². The molecular formula is C19H20N7O5S2+. The van der Waals surface area contributed by atoms with Gasteiger partial charge in [-0.05, 0) is 6.92 Å². The Morgan fingerprint density at radius 3 is 2.79 bits per heavy atom. The molecule has 4 heterocycles. The number of hydrogen-bond acceptors (Lipinski definition) is 10. The molecule has 2 atom stereocenters. The second-order valence-electron chi connectivity index (χ2n) is 6.98. The molecule has 14 heteroatoms. The molecule has 1 saturated heterocycles. The zero-order valence-electron chi connectivity index (χ0n) is 17.4. The van der Waals surface area contributed by atoms with E-state index in [1.54, 1.807) is 6.92 Å². The number of amides is 2. The van der Waals surface area contributed by atoms with E-state index in [0.29, 0.717) is 17.9 Å². The van der Waals surface area contributed by atoms with Crippen molar-refractivity contribution in [2.75, 3.05) is 18.1 Å². The summed E-state index contributed by atoms with van der Waals surface area (Å²) in [5.41, 5.74) is 5.94. The van der Waals surface area contributed by atoms with Crippen molar-refractivity contribution >= 4 is 51.9 Å². The summed E-state index contributed by atoms with van der Waals surface area (Å²) in [6.07, 6.45) is 3.64. The fraction of sp³-hybridized carbons (Fsp3) is 0.316. The van der Waals surface area contributed by atoms with Crippen molar-refractivity contribution in [3.63, 3.8) is 0 Å². The van der Waals surface area contributed by atoms with Gasteiger partial charge in [0.05, 0.1) is 0 Å². The molecular weight excluding hydrogens is 470 g/mol. The van der Waals surface area contributed by atoms with E-state index in [0.717, 1.165) is 11.5 Å². The number of anilines is 1. The predicted molar refractivity (Wildman–Crippen MR) is 119 cm³/mol. The highest BCUT2D eigenvalue weighted by Gasteiger charge is 2.54. The lowest BCUT2D eigenvalue weighted by Crippen LogP contribution is -2.71. The van der Waals surface area contributed by atoms with Crippen LogP contribution in [0.25, 0.3) is 0 Å². The molecule has 33 heavy (non-hydrogen) atoms. The number of β-lactam (4-membered cyclic amide) rings is 1. The average molecular weight is 491 g/mol. The third kappa shape index (κ3) is 4.52. The minimum absolute atomic E-state index is 0.0170. The van der Waals surface area contributed by atoms with Crippen LogP contribution in [0.1, 0.15) is 12.7 Å². The number of pyridine rings is 1. The number of carboxylic acids is 1. The molecule has 0 bridgehead atoms. The van der Waals surface area contributed by atoms with Gasteiger partial charge in [-0.15, -0.1) is 11.8 Å². The molecule has 0 radical (unpaired) electrons. The number of aromatic nitrogens is 3. The molecule has 1 unspecified atom stereocenters. The van der Waals surface area contributed by atoms with Crippen molar-refractivity contribution in [1.29, 1.82) is 0 Å². The highest BCUT2D eigenvalue weighted by atomic mass is 32.2. The second kappa shape index (κ2) is 9.54. The van der Waals surface area contributed by atoms with E-state index in [1.807, 2.05) is 35.2 Å². The summed E-state index contributed by atoms with van der Waals surface area (Å²) in [6.45, 7) is 2.24. The third-order valence-electron chi connectivity index (χ3n) is 4.84. The molecule has 0 saturated carbocycles. The number of hydrogen-bond donors (Lipinski definition) is 3. The van der Waals surface area contributed by atoms with Crippen LogP contribution in [0.4, 0.5) is 5.13 Å². The smallest absolute Gasteiger partial charge is 0.352 e. The third-order valence-corrected chi connectivity index (χ3v) is 6.72. The summed E-state index contributed by atoms with van der Waals surface area (Å²) in [5, 5.41) is 15.8. The number of thioether (sulfide) groups is 1. The van der Waals surface area contributed by atoms with Gasteiger partial charge in [-0.25, -0.2) is 9.36 Å². The molecule has 2 aromatic heterocycles. The zero-order valence-corrected chi connectivity index (χ0v) is 19.0. The Bertz CT molecular complexity index is 1150. The summed E-state index contributed by atoms with van der Waals surface area (Å²) in [6, 6.07) is 4.61. The van der Waals surface area contributed by atoms with Crippen molar-refractivity contribution in [3.05, 3.63) is 47.7 Å². The van der Waals surface area contributed by atoms with Crippen LogP contribution in [0.2, 0.25) is 0 Å². The number of carboxylic acid groups (broad SMARTS) is 1. The molecule has 4 rings (SSSR count). The maximum atomic E-state index is 12.9. The van der Waals surface area contributed by atoms with Crippen LogP contribution in [0.15, 0.2) is 47.0 Å². The van der Waals surface area contributed by atoms with Gasteiger partial charge in [0.25, 0.3) is 11.8 Å². The first-order valence-corrected chi connectivity index (χ1v) is 11.7. The van der Waals surface area contributed by atoms with E-state index in [1.165, 1.54) is 16.7 Å². The fourth-order valence-corrected chi connectivity index (χ4v) is 5.19. The van der Waals surface area contributed by atoms with Gasteiger partial charge in [0.1, 0.15) is 23.7 Å². The summed E-state index contributed by atoms with van der Waals surface area (Å²) in [7, 11) is 0. The molecule has 2 aromatic rings.